The minimum absolute atomic E-state index is 0.0666. The van der Waals surface area contributed by atoms with Crippen LogP contribution in [0.1, 0.15) is 42.0 Å². The van der Waals surface area contributed by atoms with Gasteiger partial charge in [0.1, 0.15) is 29.6 Å². The summed E-state index contributed by atoms with van der Waals surface area (Å²) < 4.78 is 55.9. The van der Waals surface area contributed by atoms with Crippen LogP contribution in [0.15, 0.2) is 103 Å². The maximum atomic E-state index is 15.2. The second-order valence-electron chi connectivity index (χ2n) is 12.5. The Morgan fingerprint density at radius 3 is 1.70 bits per heavy atom. The van der Waals surface area contributed by atoms with Gasteiger partial charge in [-0.2, -0.15) is 0 Å². The molecule has 0 N–H and O–H groups in total. The van der Waals surface area contributed by atoms with E-state index in [0.717, 1.165) is 29.5 Å². The van der Waals surface area contributed by atoms with Crippen LogP contribution in [0.2, 0.25) is 0 Å². The lowest BCUT2D eigenvalue weighted by Gasteiger charge is -2.47. The fraction of sp³-hybridized carbons (Fsp3) is 0.385. The van der Waals surface area contributed by atoms with Gasteiger partial charge in [0.2, 0.25) is 0 Å². The Morgan fingerprint density at radius 1 is 0.674 bits per heavy atom. The Hall–Kier alpha value is -3.62. The molecule has 0 radical (unpaired) electrons. The molecule has 1 heterocycles. The number of rotatable bonds is 15. The standard InChI is InChI=1S/C39H43F2NO4/c1-28-38(45-26-30-13-7-3-8-14-30)39(46-27-31-15-9-4-10-16-31)37(44-25-29-11-5-2-6-12-29)23-42(28)20-19-34-35(40)21-33(22-36(34)41)43-24-32-17-18-32/h2-16,21-22,28,32,37-39H,17-20,23-27H2,1H3/t28-,37+,38-,39-/m1/s1. The van der Waals surface area contributed by atoms with Crippen molar-refractivity contribution < 1.29 is 27.7 Å². The topological polar surface area (TPSA) is 40.2 Å². The van der Waals surface area contributed by atoms with Gasteiger partial charge in [0.25, 0.3) is 0 Å². The first kappa shape index (κ1) is 32.3. The third-order valence-corrected chi connectivity index (χ3v) is 8.98. The van der Waals surface area contributed by atoms with E-state index < -0.39 is 11.6 Å². The number of piperidine rings is 1. The van der Waals surface area contributed by atoms with Crippen molar-refractivity contribution in [3.63, 3.8) is 0 Å². The molecule has 1 saturated heterocycles. The minimum atomic E-state index is -0.576. The molecule has 0 bridgehead atoms. The minimum Gasteiger partial charge on any atom is -0.493 e. The zero-order valence-electron chi connectivity index (χ0n) is 26.4. The van der Waals surface area contributed by atoms with Crippen LogP contribution in [-0.2, 0) is 40.5 Å². The third kappa shape index (κ3) is 8.80. The molecule has 242 valence electrons. The number of likely N-dealkylation sites (tertiary alicyclic amines) is 1. The van der Waals surface area contributed by atoms with Crippen LogP contribution < -0.4 is 4.74 Å². The Kier molecular flexibility index (Phi) is 11.1. The predicted octanol–water partition coefficient (Wildman–Crippen LogP) is 7.76. The van der Waals surface area contributed by atoms with Crippen molar-refractivity contribution in [2.45, 2.75) is 70.4 Å². The lowest BCUT2D eigenvalue weighted by Crippen LogP contribution is -2.62. The van der Waals surface area contributed by atoms with Crippen molar-refractivity contribution in [3.8, 4) is 5.75 Å². The maximum Gasteiger partial charge on any atom is 0.133 e. The van der Waals surface area contributed by atoms with Gasteiger partial charge in [-0.1, -0.05) is 91.0 Å². The van der Waals surface area contributed by atoms with Crippen LogP contribution >= 0.6 is 0 Å². The second kappa shape index (κ2) is 15.8. The van der Waals surface area contributed by atoms with Gasteiger partial charge in [-0.05, 0) is 48.8 Å². The molecule has 2 fully saturated rings. The van der Waals surface area contributed by atoms with E-state index in [9.17, 15) is 0 Å². The molecule has 4 aromatic rings. The number of halogens is 2. The van der Waals surface area contributed by atoms with Crippen LogP contribution in [0.3, 0.4) is 0 Å². The molecule has 0 aromatic heterocycles. The van der Waals surface area contributed by atoms with Gasteiger partial charge in [0, 0.05) is 36.8 Å². The van der Waals surface area contributed by atoms with Crippen molar-refractivity contribution in [1.82, 2.24) is 4.90 Å². The van der Waals surface area contributed by atoms with Crippen molar-refractivity contribution in [2.24, 2.45) is 5.92 Å². The van der Waals surface area contributed by atoms with Crippen LogP contribution in [-0.4, -0.2) is 49.0 Å². The van der Waals surface area contributed by atoms with E-state index in [1.54, 1.807) is 0 Å². The summed E-state index contributed by atoms with van der Waals surface area (Å²) in [5, 5.41) is 0. The van der Waals surface area contributed by atoms with Gasteiger partial charge < -0.3 is 18.9 Å². The van der Waals surface area contributed by atoms with E-state index in [4.69, 9.17) is 18.9 Å². The normalized spacial score (nSPS) is 21.7. The Balaban J connectivity index is 1.21. The van der Waals surface area contributed by atoms with Crippen molar-refractivity contribution >= 4 is 0 Å². The fourth-order valence-corrected chi connectivity index (χ4v) is 6.04. The van der Waals surface area contributed by atoms with Gasteiger partial charge in [-0.15, -0.1) is 0 Å². The molecule has 1 aliphatic carbocycles. The van der Waals surface area contributed by atoms with E-state index in [0.29, 0.717) is 45.4 Å². The zero-order chi connectivity index (χ0) is 31.7. The summed E-state index contributed by atoms with van der Waals surface area (Å²) in [4.78, 5) is 2.21. The molecule has 1 aliphatic heterocycles. The van der Waals surface area contributed by atoms with Crippen LogP contribution in [0.25, 0.3) is 0 Å². The summed E-state index contributed by atoms with van der Waals surface area (Å²) in [6.45, 7) is 4.81. The number of hydrogen-bond acceptors (Lipinski definition) is 5. The Labute approximate surface area is 271 Å². The molecular weight excluding hydrogens is 584 g/mol. The number of hydrogen-bond donors (Lipinski definition) is 0. The number of benzene rings is 4. The SMILES string of the molecule is C[C@@H]1[C@@H](OCc2ccccc2)[C@H](OCc2ccccc2)[C@@H](OCc2ccccc2)CN1CCc1c(F)cc(OCC2CC2)cc1F. The fourth-order valence-electron chi connectivity index (χ4n) is 6.04. The number of ether oxygens (including phenoxy) is 4. The first-order valence-corrected chi connectivity index (χ1v) is 16.3. The van der Waals surface area contributed by atoms with E-state index in [1.807, 2.05) is 91.0 Å². The average molecular weight is 628 g/mol. The monoisotopic (exact) mass is 627 g/mol. The van der Waals surface area contributed by atoms with E-state index in [1.165, 1.54) is 12.1 Å². The molecule has 46 heavy (non-hydrogen) atoms. The highest BCUT2D eigenvalue weighted by molar-refractivity contribution is 5.31. The maximum absolute atomic E-state index is 15.2. The molecule has 5 nitrogen and oxygen atoms in total. The first-order valence-electron chi connectivity index (χ1n) is 16.3. The molecule has 0 amide bonds. The summed E-state index contributed by atoms with van der Waals surface area (Å²) in [6.07, 6.45) is 1.37. The van der Waals surface area contributed by atoms with Crippen LogP contribution in [0.5, 0.6) is 5.75 Å². The summed E-state index contributed by atoms with van der Waals surface area (Å²) >= 11 is 0. The highest BCUT2D eigenvalue weighted by Crippen LogP contribution is 2.32. The van der Waals surface area contributed by atoms with Gasteiger partial charge >= 0.3 is 0 Å². The molecule has 6 rings (SSSR count). The van der Waals surface area contributed by atoms with Gasteiger partial charge in [0.15, 0.2) is 0 Å². The molecular formula is C39H43F2NO4. The Morgan fingerprint density at radius 2 is 1.17 bits per heavy atom. The smallest absolute Gasteiger partial charge is 0.133 e. The molecule has 0 unspecified atom stereocenters. The van der Waals surface area contributed by atoms with Gasteiger partial charge in [-0.25, -0.2) is 8.78 Å². The first-order chi connectivity index (χ1) is 22.5. The highest BCUT2D eigenvalue weighted by atomic mass is 19.1. The molecule has 7 heteroatoms. The van der Waals surface area contributed by atoms with Gasteiger partial charge in [0.05, 0.1) is 32.5 Å². The van der Waals surface area contributed by atoms with Crippen molar-refractivity contribution in [2.75, 3.05) is 19.7 Å². The summed E-state index contributed by atoms with van der Waals surface area (Å²) in [6, 6.07) is 32.7. The number of nitrogens with zero attached hydrogens (tertiary/aromatic N) is 1. The van der Waals surface area contributed by atoms with Crippen molar-refractivity contribution in [3.05, 3.63) is 137 Å². The summed E-state index contributed by atoms with van der Waals surface area (Å²) in [7, 11) is 0. The zero-order valence-corrected chi connectivity index (χ0v) is 26.4. The van der Waals surface area contributed by atoms with Crippen molar-refractivity contribution in [1.29, 1.82) is 0 Å². The summed E-state index contributed by atoms with van der Waals surface area (Å²) in [5.74, 6) is -0.401. The molecule has 1 saturated carbocycles. The average Bonchev–Trinajstić information content (AvgIpc) is 3.92. The van der Waals surface area contributed by atoms with Crippen LogP contribution in [0, 0.1) is 17.6 Å². The highest BCUT2D eigenvalue weighted by Gasteiger charge is 2.44. The van der Waals surface area contributed by atoms with E-state index >= 15 is 8.78 Å². The lowest BCUT2D eigenvalue weighted by molar-refractivity contribution is -0.200. The third-order valence-electron chi connectivity index (χ3n) is 8.98. The quantitative estimate of drug-likeness (QED) is 0.135. The largest absolute Gasteiger partial charge is 0.493 e. The second-order valence-corrected chi connectivity index (χ2v) is 12.5. The molecule has 0 spiro atoms. The molecule has 2 aliphatic rings. The summed E-state index contributed by atoms with van der Waals surface area (Å²) in [5.41, 5.74) is 3.25. The van der Waals surface area contributed by atoms with Gasteiger partial charge in [-0.3, -0.25) is 4.90 Å². The predicted molar refractivity (Wildman–Crippen MR) is 174 cm³/mol. The molecule has 4 aromatic carbocycles. The Bertz CT molecular complexity index is 1480. The van der Waals surface area contributed by atoms with E-state index in [2.05, 4.69) is 11.8 Å². The molecule has 4 atom stereocenters. The van der Waals surface area contributed by atoms with E-state index in [-0.39, 0.29) is 42.1 Å². The lowest BCUT2D eigenvalue weighted by atomic mass is 9.93. The van der Waals surface area contributed by atoms with Crippen LogP contribution in [0.4, 0.5) is 8.78 Å².